The van der Waals surface area contributed by atoms with Gasteiger partial charge in [0.25, 0.3) is 5.79 Å². The lowest BCUT2D eigenvalue weighted by Gasteiger charge is -2.65. The van der Waals surface area contributed by atoms with Gasteiger partial charge in [-0.05, 0) is 17.7 Å². The molecule has 7 nitrogen and oxygen atoms in total. The van der Waals surface area contributed by atoms with Gasteiger partial charge in [0.1, 0.15) is 0 Å². The summed E-state index contributed by atoms with van der Waals surface area (Å²) >= 11 is 0. The van der Waals surface area contributed by atoms with Crippen LogP contribution in [0.2, 0.25) is 0 Å². The molecule has 0 spiro atoms. The lowest BCUT2D eigenvalue weighted by atomic mass is 9.61. The maximum absolute atomic E-state index is 13.9. The Morgan fingerprint density at radius 3 is 1.84 bits per heavy atom. The number of rotatable bonds is 8. The monoisotopic (exact) mass is 443 g/mol. The molecule has 0 radical (unpaired) electrons. The van der Waals surface area contributed by atoms with Crippen molar-refractivity contribution in [2.24, 2.45) is 5.92 Å². The van der Waals surface area contributed by atoms with Gasteiger partial charge in [-0.3, -0.25) is 0 Å². The highest BCUT2D eigenvalue weighted by Gasteiger charge is 2.89. The number of ether oxygens (including phenoxy) is 4. The molecule has 8 heteroatoms. The van der Waals surface area contributed by atoms with Gasteiger partial charge in [-0.1, -0.05) is 60.7 Å². The molecule has 164 valence electrons. The molecule has 1 aliphatic rings. The largest absolute Gasteiger partial charge is 0.348 e. The molecule has 3 rings (SSSR count). The second-order valence-corrected chi connectivity index (χ2v) is 9.13. The van der Waals surface area contributed by atoms with Crippen LogP contribution in [0.25, 0.3) is 6.08 Å². The van der Waals surface area contributed by atoms with Crippen LogP contribution in [-0.4, -0.2) is 53.2 Å². The molecule has 0 amide bonds. The van der Waals surface area contributed by atoms with Gasteiger partial charge in [0, 0.05) is 28.4 Å². The van der Waals surface area contributed by atoms with E-state index in [9.17, 15) is 13.7 Å². The van der Waals surface area contributed by atoms with Crippen molar-refractivity contribution in [1.82, 2.24) is 0 Å². The molecule has 31 heavy (non-hydrogen) atoms. The molecule has 2 unspecified atom stereocenters. The third-order valence-electron chi connectivity index (χ3n) is 5.90. The Hall–Kier alpha value is -2.54. The lowest BCUT2D eigenvalue weighted by Crippen LogP contribution is -2.89. The van der Waals surface area contributed by atoms with E-state index in [-0.39, 0.29) is 4.90 Å². The van der Waals surface area contributed by atoms with Crippen molar-refractivity contribution in [3.63, 3.8) is 0 Å². The first kappa shape index (κ1) is 23.1. The molecule has 0 saturated heterocycles. The molecule has 0 bridgehead atoms. The van der Waals surface area contributed by atoms with Crippen molar-refractivity contribution in [2.75, 3.05) is 28.4 Å². The van der Waals surface area contributed by atoms with Crippen molar-refractivity contribution in [1.29, 1.82) is 5.26 Å². The number of nitriles is 1. The Morgan fingerprint density at radius 1 is 0.871 bits per heavy atom. The van der Waals surface area contributed by atoms with E-state index in [4.69, 9.17) is 18.9 Å². The average Bonchev–Trinajstić information content (AvgIpc) is 2.81. The molecule has 1 fully saturated rings. The lowest BCUT2D eigenvalue weighted by molar-refractivity contribution is -0.463. The fourth-order valence-electron chi connectivity index (χ4n) is 4.50. The number of nitrogens with zero attached hydrogens (tertiary/aromatic N) is 1. The van der Waals surface area contributed by atoms with E-state index in [2.05, 4.69) is 0 Å². The van der Waals surface area contributed by atoms with Crippen molar-refractivity contribution in [3.8, 4) is 6.07 Å². The third-order valence-corrected chi connectivity index (χ3v) is 8.26. The van der Waals surface area contributed by atoms with E-state index < -0.39 is 32.1 Å². The number of benzene rings is 2. The van der Waals surface area contributed by atoms with Crippen LogP contribution >= 0.6 is 0 Å². The fourth-order valence-corrected chi connectivity index (χ4v) is 6.74. The number of hydrogen-bond donors (Lipinski definition) is 0. The zero-order valence-electron chi connectivity index (χ0n) is 17.8. The van der Waals surface area contributed by atoms with E-state index in [1.54, 1.807) is 30.4 Å². The quantitative estimate of drug-likeness (QED) is 0.579. The van der Waals surface area contributed by atoms with Crippen molar-refractivity contribution < 1.29 is 27.4 Å². The minimum atomic E-state index is -4.31. The zero-order chi connectivity index (χ0) is 22.8. The molecular weight excluding hydrogens is 418 g/mol. The summed E-state index contributed by atoms with van der Waals surface area (Å²) in [6.45, 7) is 0. The van der Waals surface area contributed by atoms with E-state index in [0.717, 1.165) is 5.56 Å². The highest BCUT2D eigenvalue weighted by atomic mass is 32.2. The smallest absolute Gasteiger partial charge is 0.259 e. The molecule has 0 N–H and O–H groups in total. The highest BCUT2D eigenvalue weighted by molar-refractivity contribution is 7.93. The molecular formula is C23H25NO6S. The Labute approximate surface area is 182 Å². The number of sulfone groups is 1. The van der Waals surface area contributed by atoms with Gasteiger partial charge in [0.05, 0.1) is 16.9 Å². The summed E-state index contributed by atoms with van der Waals surface area (Å²) in [5, 5.41) is 10.4. The SMILES string of the molecule is COC1(OC)C(C=Cc2ccccc2)C(C#N)(S(=O)(=O)c2ccccc2)C1(OC)OC. The topological polar surface area (TPSA) is 94.9 Å². The van der Waals surface area contributed by atoms with Crippen LogP contribution in [0.3, 0.4) is 0 Å². The highest BCUT2D eigenvalue weighted by Crippen LogP contribution is 2.64. The Kier molecular flexibility index (Phi) is 6.37. The van der Waals surface area contributed by atoms with E-state index in [1.165, 1.54) is 40.6 Å². The molecule has 2 aromatic carbocycles. The van der Waals surface area contributed by atoms with E-state index in [0.29, 0.717) is 0 Å². The standard InChI is InChI=1S/C23H25NO6S/c1-27-22(28-2)20(16-15-18-11-7-5-8-12-18)21(17-24,23(22,29-3)30-4)31(25,26)19-13-9-6-10-14-19/h5-16,20H,1-4H3. The van der Waals surface area contributed by atoms with Crippen LogP contribution in [0.1, 0.15) is 5.56 Å². The van der Waals surface area contributed by atoms with Crippen LogP contribution < -0.4 is 0 Å². The van der Waals surface area contributed by atoms with E-state index in [1.807, 2.05) is 36.4 Å². The first-order chi connectivity index (χ1) is 14.9. The van der Waals surface area contributed by atoms with Gasteiger partial charge in [0.15, 0.2) is 0 Å². The Morgan fingerprint density at radius 2 is 1.39 bits per heavy atom. The predicted molar refractivity (Wildman–Crippen MR) is 114 cm³/mol. The number of hydrogen-bond acceptors (Lipinski definition) is 7. The summed E-state index contributed by atoms with van der Waals surface area (Å²) in [7, 11) is 0.929. The van der Waals surface area contributed by atoms with Crippen molar-refractivity contribution in [2.45, 2.75) is 21.2 Å². The minimum Gasteiger partial charge on any atom is -0.348 e. The van der Waals surface area contributed by atoms with Gasteiger partial charge in [-0.25, -0.2) is 8.42 Å². The van der Waals surface area contributed by atoms with Crippen LogP contribution in [0, 0.1) is 17.2 Å². The van der Waals surface area contributed by atoms with E-state index >= 15 is 0 Å². The molecule has 0 aliphatic heterocycles. The van der Waals surface area contributed by atoms with Crippen LogP contribution in [0.15, 0.2) is 71.6 Å². The maximum atomic E-state index is 13.9. The second-order valence-electron chi connectivity index (χ2n) is 7.01. The molecule has 0 aromatic heterocycles. The van der Waals surface area contributed by atoms with Crippen LogP contribution in [0.4, 0.5) is 0 Å². The summed E-state index contributed by atoms with van der Waals surface area (Å²) < 4.78 is 48.2. The molecule has 1 aliphatic carbocycles. The number of methoxy groups -OCH3 is 4. The summed E-state index contributed by atoms with van der Waals surface area (Å²) in [5.74, 6) is -4.83. The molecule has 0 heterocycles. The molecule has 1 saturated carbocycles. The van der Waals surface area contributed by atoms with Gasteiger partial charge in [-0.15, -0.1) is 0 Å². The van der Waals surface area contributed by atoms with Gasteiger partial charge < -0.3 is 18.9 Å². The van der Waals surface area contributed by atoms with Crippen LogP contribution in [-0.2, 0) is 28.8 Å². The first-order valence-electron chi connectivity index (χ1n) is 9.52. The van der Waals surface area contributed by atoms with Crippen molar-refractivity contribution in [3.05, 3.63) is 72.3 Å². The molecule has 2 atom stereocenters. The predicted octanol–water partition coefficient (Wildman–Crippen LogP) is 3.04. The fraction of sp³-hybridized carbons (Fsp3) is 0.348. The van der Waals surface area contributed by atoms with Gasteiger partial charge in [0.2, 0.25) is 20.4 Å². The summed E-state index contributed by atoms with van der Waals surface area (Å²) in [6, 6.07) is 19.0. The average molecular weight is 444 g/mol. The zero-order valence-corrected chi connectivity index (χ0v) is 18.6. The second kappa shape index (κ2) is 8.54. The Balaban J connectivity index is 2.31. The molecule has 2 aromatic rings. The summed E-state index contributed by atoms with van der Waals surface area (Å²) in [6.07, 6.45) is 3.32. The normalized spacial score (nSPS) is 24.4. The van der Waals surface area contributed by atoms with Gasteiger partial charge >= 0.3 is 0 Å². The minimum absolute atomic E-state index is 0.0334. The first-order valence-corrected chi connectivity index (χ1v) is 11.0. The van der Waals surface area contributed by atoms with Crippen LogP contribution in [0.5, 0.6) is 0 Å². The Bertz CT molecular complexity index is 1070. The van der Waals surface area contributed by atoms with Gasteiger partial charge in [-0.2, -0.15) is 5.26 Å². The summed E-state index contributed by atoms with van der Waals surface area (Å²) in [4.78, 5) is -0.0334. The maximum Gasteiger partial charge on any atom is 0.259 e. The van der Waals surface area contributed by atoms with Crippen molar-refractivity contribution >= 4 is 15.9 Å². The summed E-state index contributed by atoms with van der Waals surface area (Å²) in [5.41, 5.74) is 0.819. The third kappa shape index (κ3) is 2.89.